The predicted molar refractivity (Wildman–Crippen MR) is 90.1 cm³/mol. The summed E-state index contributed by atoms with van der Waals surface area (Å²) >= 11 is 6.06. The third kappa shape index (κ3) is 4.00. The lowest BCUT2D eigenvalue weighted by Crippen LogP contribution is -2.54. The van der Waals surface area contributed by atoms with Gasteiger partial charge in [0.05, 0.1) is 6.61 Å². The third-order valence-electron chi connectivity index (χ3n) is 4.74. The lowest BCUT2D eigenvalue weighted by Gasteiger charge is -2.49. The van der Waals surface area contributed by atoms with E-state index in [-0.39, 0.29) is 5.41 Å². The van der Waals surface area contributed by atoms with Crippen LogP contribution in [0.4, 0.5) is 0 Å². The maximum absolute atomic E-state index is 6.06. The number of halogens is 1. The summed E-state index contributed by atoms with van der Waals surface area (Å²) in [6.07, 6.45) is 5.06. The molecular formula is C18H28ClNO. The maximum atomic E-state index is 6.06. The van der Waals surface area contributed by atoms with Crippen molar-refractivity contribution >= 4 is 11.6 Å². The molecule has 2 nitrogen and oxygen atoms in total. The highest BCUT2D eigenvalue weighted by Gasteiger charge is 2.45. The van der Waals surface area contributed by atoms with Crippen LogP contribution in [0.15, 0.2) is 24.3 Å². The van der Waals surface area contributed by atoms with Gasteiger partial charge in [0.25, 0.3) is 0 Å². The third-order valence-corrected chi connectivity index (χ3v) is 4.99. The Hall–Kier alpha value is -0.570. The Kier molecular flexibility index (Phi) is 6.09. The van der Waals surface area contributed by atoms with Crippen molar-refractivity contribution in [1.82, 2.24) is 5.32 Å². The summed E-state index contributed by atoms with van der Waals surface area (Å²) in [5.41, 5.74) is 1.72. The molecule has 1 atom stereocenters. The molecule has 1 aliphatic carbocycles. The van der Waals surface area contributed by atoms with E-state index in [0.717, 1.165) is 18.2 Å². The van der Waals surface area contributed by atoms with Gasteiger partial charge in [-0.3, -0.25) is 0 Å². The molecule has 1 aromatic carbocycles. The summed E-state index contributed by atoms with van der Waals surface area (Å²) in [5.74, 6) is 0.690. The van der Waals surface area contributed by atoms with E-state index in [2.05, 4.69) is 31.3 Å². The van der Waals surface area contributed by atoms with Crippen LogP contribution in [0.2, 0.25) is 5.02 Å². The van der Waals surface area contributed by atoms with Crippen molar-refractivity contribution in [3.8, 4) is 0 Å². The van der Waals surface area contributed by atoms with E-state index in [1.807, 2.05) is 12.1 Å². The Bertz CT molecular complexity index is 425. The Balaban J connectivity index is 2.18. The normalized spacial score (nSPS) is 18.5. The molecule has 0 aromatic heterocycles. The van der Waals surface area contributed by atoms with Crippen LogP contribution in [-0.4, -0.2) is 26.3 Å². The summed E-state index contributed by atoms with van der Waals surface area (Å²) in [6.45, 7) is 6.30. The molecule has 21 heavy (non-hydrogen) atoms. The van der Waals surface area contributed by atoms with E-state index in [1.165, 1.54) is 31.2 Å². The second kappa shape index (κ2) is 7.62. The van der Waals surface area contributed by atoms with E-state index >= 15 is 0 Å². The highest BCUT2D eigenvalue weighted by atomic mass is 35.5. The zero-order chi connectivity index (χ0) is 15.3. The van der Waals surface area contributed by atoms with Crippen LogP contribution in [0.1, 0.15) is 45.1 Å². The molecule has 1 unspecified atom stereocenters. The van der Waals surface area contributed by atoms with Crippen LogP contribution in [0, 0.1) is 5.92 Å². The Labute approximate surface area is 134 Å². The van der Waals surface area contributed by atoms with Crippen LogP contribution < -0.4 is 5.32 Å². The van der Waals surface area contributed by atoms with Gasteiger partial charge in [-0.15, -0.1) is 0 Å². The monoisotopic (exact) mass is 309 g/mol. The zero-order valence-corrected chi connectivity index (χ0v) is 14.2. The lowest BCUT2D eigenvalue weighted by atomic mass is 9.59. The van der Waals surface area contributed by atoms with Crippen molar-refractivity contribution in [2.24, 2.45) is 5.92 Å². The fourth-order valence-electron chi connectivity index (χ4n) is 3.49. The smallest absolute Gasteiger partial charge is 0.0587 e. The topological polar surface area (TPSA) is 21.3 Å². The molecule has 0 bridgehead atoms. The molecule has 1 aromatic rings. The van der Waals surface area contributed by atoms with E-state index < -0.39 is 0 Å². The van der Waals surface area contributed by atoms with Crippen LogP contribution in [0.25, 0.3) is 0 Å². The standard InChI is InChI=1S/C18H28ClNO/c1-14(2)13-17(20-11-12-21-3)18(9-4-10-18)15-5-7-16(19)8-6-15/h5-8,14,17,20H,4,9-13H2,1-3H3. The van der Waals surface area contributed by atoms with Gasteiger partial charge in [-0.05, 0) is 42.9 Å². The number of hydrogen-bond donors (Lipinski definition) is 1. The largest absolute Gasteiger partial charge is 0.383 e. The van der Waals surface area contributed by atoms with Gasteiger partial charge in [0, 0.05) is 30.1 Å². The fourth-order valence-corrected chi connectivity index (χ4v) is 3.61. The number of ether oxygens (including phenoxy) is 1. The van der Waals surface area contributed by atoms with Crippen LogP contribution >= 0.6 is 11.6 Å². The number of methoxy groups -OCH3 is 1. The van der Waals surface area contributed by atoms with Crippen molar-refractivity contribution in [3.63, 3.8) is 0 Å². The van der Waals surface area contributed by atoms with E-state index in [0.29, 0.717) is 12.0 Å². The molecule has 0 saturated heterocycles. The average Bonchev–Trinajstić information content (AvgIpc) is 2.39. The number of rotatable bonds is 8. The minimum atomic E-state index is 0.280. The molecule has 0 aliphatic heterocycles. The summed E-state index contributed by atoms with van der Waals surface area (Å²) in [7, 11) is 1.76. The van der Waals surface area contributed by atoms with Gasteiger partial charge in [-0.1, -0.05) is 44.0 Å². The van der Waals surface area contributed by atoms with Gasteiger partial charge < -0.3 is 10.1 Å². The molecule has 0 amide bonds. The fraction of sp³-hybridized carbons (Fsp3) is 0.667. The molecule has 1 fully saturated rings. The van der Waals surface area contributed by atoms with Gasteiger partial charge in [0.2, 0.25) is 0 Å². The summed E-state index contributed by atoms with van der Waals surface area (Å²) < 4.78 is 5.20. The van der Waals surface area contributed by atoms with Gasteiger partial charge in [-0.2, -0.15) is 0 Å². The van der Waals surface area contributed by atoms with Crippen molar-refractivity contribution in [2.75, 3.05) is 20.3 Å². The molecule has 0 heterocycles. The summed E-state index contributed by atoms with van der Waals surface area (Å²) in [4.78, 5) is 0. The Morgan fingerprint density at radius 1 is 1.24 bits per heavy atom. The molecule has 0 radical (unpaired) electrons. The first-order valence-corrected chi connectivity index (χ1v) is 8.44. The van der Waals surface area contributed by atoms with Crippen LogP contribution in [-0.2, 0) is 10.2 Å². The van der Waals surface area contributed by atoms with Crippen molar-refractivity contribution < 1.29 is 4.74 Å². The molecule has 1 saturated carbocycles. The second-order valence-corrected chi connectivity index (χ2v) is 7.08. The highest BCUT2D eigenvalue weighted by molar-refractivity contribution is 6.30. The maximum Gasteiger partial charge on any atom is 0.0587 e. The first kappa shape index (κ1) is 16.8. The minimum absolute atomic E-state index is 0.280. The van der Waals surface area contributed by atoms with E-state index in [1.54, 1.807) is 7.11 Å². The average molecular weight is 310 g/mol. The molecule has 0 spiro atoms. The quantitative estimate of drug-likeness (QED) is 0.718. The molecule has 1 N–H and O–H groups in total. The lowest BCUT2D eigenvalue weighted by molar-refractivity contribution is 0.135. The molecule has 3 heteroatoms. The molecule has 2 rings (SSSR count). The second-order valence-electron chi connectivity index (χ2n) is 6.65. The van der Waals surface area contributed by atoms with Crippen molar-refractivity contribution in [3.05, 3.63) is 34.9 Å². The SMILES string of the molecule is COCCNC(CC(C)C)C1(c2ccc(Cl)cc2)CCC1. The summed E-state index contributed by atoms with van der Waals surface area (Å²) in [5, 5.41) is 4.57. The van der Waals surface area contributed by atoms with Crippen LogP contribution in [0.3, 0.4) is 0 Å². The number of hydrogen-bond acceptors (Lipinski definition) is 2. The zero-order valence-electron chi connectivity index (χ0n) is 13.5. The predicted octanol–water partition coefficient (Wildman–Crippen LogP) is 4.41. The Morgan fingerprint density at radius 2 is 1.90 bits per heavy atom. The Morgan fingerprint density at radius 3 is 2.38 bits per heavy atom. The van der Waals surface area contributed by atoms with Gasteiger partial charge in [-0.25, -0.2) is 0 Å². The van der Waals surface area contributed by atoms with E-state index in [9.17, 15) is 0 Å². The van der Waals surface area contributed by atoms with Crippen molar-refractivity contribution in [2.45, 2.75) is 51.0 Å². The molecule has 1 aliphatic rings. The van der Waals surface area contributed by atoms with E-state index in [4.69, 9.17) is 16.3 Å². The summed E-state index contributed by atoms with van der Waals surface area (Å²) in [6, 6.07) is 9.00. The number of benzene rings is 1. The van der Waals surface area contributed by atoms with Crippen LogP contribution in [0.5, 0.6) is 0 Å². The highest BCUT2D eigenvalue weighted by Crippen LogP contribution is 2.48. The van der Waals surface area contributed by atoms with Crippen molar-refractivity contribution in [1.29, 1.82) is 0 Å². The molecular weight excluding hydrogens is 282 g/mol. The first-order valence-electron chi connectivity index (χ1n) is 8.07. The van der Waals surface area contributed by atoms with Gasteiger partial charge in [0.15, 0.2) is 0 Å². The number of nitrogens with one attached hydrogen (secondary N) is 1. The molecule has 118 valence electrons. The minimum Gasteiger partial charge on any atom is -0.383 e. The van der Waals surface area contributed by atoms with Gasteiger partial charge >= 0.3 is 0 Å². The first-order chi connectivity index (χ1) is 10.1. The van der Waals surface area contributed by atoms with Gasteiger partial charge in [0.1, 0.15) is 0 Å².